The molecule has 1 aromatic heterocycles. The quantitative estimate of drug-likeness (QED) is 0.940. The second kappa shape index (κ2) is 5.46. The first-order chi connectivity index (χ1) is 10.8. The van der Waals surface area contributed by atoms with E-state index < -0.39 is 0 Å². The van der Waals surface area contributed by atoms with E-state index in [0.717, 1.165) is 30.8 Å². The van der Waals surface area contributed by atoms with Crippen molar-refractivity contribution in [3.63, 3.8) is 0 Å². The molecule has 1 aromatic carbocycles. The van der Waals surface area contributed by atoms with Crippen molar-refractivity contribution in [2.45, 2.75) is 25.6 Å². The monoisotopic (exact) mass is 300 g/mol. The third-order valence-corrected chi connectivity index (χ3v) is 4.02. The Morgan fingerprint density at radius 2 is 2.27 bits per heavy atom. The highest BCUT2D eigenvalue weighted by atomic mass is 16.5. The van der Waals surface area contributed by atoms with Gasteiger partial charge in [-0.25, -0.2) is 0 Å². The van der Waals surface area contributed by atoms with E-state index in [1.54, 1.807) is 0 Å². The normalized spacial score (nSPS) is 19.2. The fourth-order valence-electron chi connectivity index (χ4n) is 2.86. The maximum absolute atomic E-state index is 12.3. The number of carbonyl (C=O) groups excluding carboxylic acids is 1. The van der Waals surface area contributed by atoms with Crippen LogP contribution in [-0.2, 0) is 11.3 Å². The van der Waals surface area contributed by atoms with Gasteiger partial charge >= 0.3 is 0 Å². The smallest absolute Gasteiger partial charge is 0.274 e. The zero-order valence-electron chi connectivity index (χ0n) is 12.0. The van der Waals surface area contributed by atoms with Crippen molar-refractivity contribution in [3.8, 4) is 17.1 Å². The SMILES string of the molecule is O=C(NCC1CCCO1)c1noc2c1COc1ccccc1-2. The molecule has 2 aliphatic rings. The summed E-state index contributed by atoms with van der Waals surface area (Å²) in [6, 6.07) is 7.57. The summed E-state index contributed by atoms with van der Waals surface area (Å²) in [4.78, 5) is 12.3. The molecule has 22 heavy (non-hydrogen) atoms. The number of carbonyl (C=O) groups is 1. The summed E-state index contributed by atoms with van der Waals surface area (Å²) in [5.74, 6) is 1.12. The number of para-hydroxylation sites is 1. The number of hydrogen-bond donors (Lipinski definition) is 1. The summed E-state index contributed by atoms with van der Waals surface area (Å²) in [6.45, 7) is 1.56. The maximum atomic E-state index is 12.3. The van der Waals surface area contributed by atoms with E-state index >= 15 is 0 Å². The summed E-state index contributed by atoms with van der Waals surface area (Å²) in [5, 5.41) is 6.79. The van der Waals surface area contributed by atoms with Crippen LogP contribution in [0.5, 0.6) is 5.75 Å². The molecule has 1 N–H and O–H groups in total. The average Bonchev–Trinajstić information content (AvgIpc) is 3.22. The lowest BCUT2D eigenvalue weighted by Gasteiger charge is -2.16. The summed E-state index contributed by atoms with van der Waals surface area (Å²) in [7, 11) is 0. The highest BCUT2D eigenvalue weighted by Crippen LogP contribution is 2.38. The number of benzene rings is 1. The molecule has 2 aliphatic heterocycles. The van der Waals surface area contributed by atoms with E-state index in [9.17, 15) is 4.79 Å². The minimum atomic E-state index is -0.247. The molecular weight excluding hydrogens is 284 g/mol. The molecule has 1 unspecified atom stereocenters. The Balaban J connectivity index is 1.55. The highest BCUT2D eigenvalue weighted by molar-refractivity contribution is 5.95. The van der Waals surface area contributed by atoms with E-state index in [1.165, 1.54) is 0 Å². The van der Waals surface area contributed by atoms with Gasteiger partial charge in [-0.1, -0.05) is 17.3 Å². The average molecular weight is 300 g/mol. The third-order valence-electron chi connectivity index (χ3n) is 4.02. The minimum Gasteiger partial charge on any atom is -0.488 e. The van der Waals surface area contributed by atoms with Crippen molar-refractivity contribution in [2.75, 3.05) is 13.2 Å². The van der Waals surface area contributed by atoms with Gasteiger partial charge in [0.15, 0.2) is 11.5 Å². The van der Waals surface area contributed by atoms with Gasteiger partial charge in [0, 0.05) is 13.2 Å². The van der Waals surface area contributed by atoms with Crippen molar-refractivity contribution in [1.29, 1.82) is 0 Å². The Morgan fingerprint density at radius 1 is 1.36 bits per heavy atom. The van der Waals surface area contributed by atoms with Gasteiger partial charge in [0.25, 0.3) is 5.91 Å². The lowest BCUT2D eigenvalue weighted by Crippen LogP contribution is -2.32. The first-order valence-electron chi connectivity index (χ1n) is 7.43. The molecule has 0 spiro atoms. The number of hydrogen-bond acceptors (Lipinski definition) is 5. The van der Waals surface area contributed by atoms with Gasteiger partial charge in [0.2, 0.25) is 0 Å². The number of rotatable bonds is 3. The molecule has 0 saturated carbocycles. The molecule has 1 atom stereocenters. The summed E-state index contributed by atoms with van der Waals surface area (Å²) < 4.78 is 16.6. The second-order valence-corrected chi connectivity index (χ2v) is 5.47. The number of nitrogens with zero attached hydrogens (tertiary/aromatic N) is 1. The van der Waals surface area contributed by atoms with Gasteiger partial charge in [-0.3, -0.25) is 4.79 Å². The zero-order chi connectivity index (χ0) is 14.9. The van der Waals surface area contributed by atoms with Gasteiger partial charge in [-0.05, 0) is 25.0 Å². The Morgan fingerprint density at radius 3 is 3.14 bits per heavy atom. The molecule has 6 heteroatoms. The zero-order valence-corrected chi connectivity index (χ0v) is 12.0. The van der Waals surface area contributed by atoms with E-state index in [2.05, 4.69) is 10.5 Å². The van der Waals surface area contributed by atoms with Gasteiger partial charge in [0.1, 0.15) is 12.4 Å². The van der Waals surface area contributed by atoms with Gasteiger partial charge in [0.05, 0.1) is 17.2 Å². The Kier molecular flexibility index (Phi) is 3.31. The van der Waals surface area contributed by atoms with Crippen molar-refractivity contribution in [3.05, 3.63) is 35.5 Å². The maximum Gasteiger partial charge on any atom is 0.274 e. The summed E-state index contributed by atoms with van der Waals surface area (Å²) in [6.07, 6.45) is 2.13. The second-order valence-electron chi connectivity index (χ2n) is 5.47. The number of ether oxygens (including phenoxy) is 2. The lowest BCUT2D eigenvalue weighted by molar-refractivity contribution is 0.0849. The van der Waals surface area contributed by atoms with E-state index in [-0.39, 0.29) is 12.0 Å². The van der Waals surface area contributed by atoms with Crippen LogP contribution in [0.15, 0.2) is 28.8 Å². The largest absolute Gasteiger partial charge is 0.488 e. The van der Waals surface area contributed by atoms with Crippen LogP contribution in [0.2, 0.25) is 0 Å². The van der Waals surface area contributed by atoms with Crippen LogP contribution in [0, 0.1) is 0 Å². The molecule has 0 bridgehead atoms. The highest BCUT2D eigenvalue weighted by Gasteiger charge is 2.29. The van der Waals surface area contributed by atoms with Crippen molar-refractivity contribution in [2.24, 2.45) is 0 Å². The molecule has 4 rings (SSSR count). The molecule has 1 fully saturated rings. The molecular formula is C16H16N2O4. The number of aromatic nitrogens is 1. The summed E-state index contributed by atoms with van der Waals surface area (Å²) >= 11 is 0. The topological polar surface area (TPSA) is 73.6 Å². The number of amides is 1. The fraction of sp³-hybridized carbons (Fsp3) is 0.375. The van der Waals surface area contributed by atoms with Crippen LogP contribution < -0.4 is 10.1 Å². The molecule has 0 radical (unpaired) electrons. The minimum absolute atomic E-state index is 0.101. The molecule has 2 aromatic rings. The first-order valence-corrected chi connectivity index (χ1v) is 7.43. The predicted molar refractivity (Wildman–Crippen MR) is 77.6 cm³/mol. The van der Waals surface area contributed by atoms with E-state index in [0.29, 0.717) is 30.2 Å². The lowest BCUT2D eigenvalue weighted by atomic mass is 10.0. The number of nitrogens with one attached hydrogen (secondary N) is 1. The molecule has 114 valence electrons. The van der Waals surface area contributed by atoms with Gasteiger partial charge in [-0.2, -0.15) is 0 Å². The van der Waals surface area contributed by atoms with Crippen LogP contribution in [-0.4, -0.2) is 30.3 Å². The van der Waals surface area contributed by atoms with Crippen LogP contribution in [0.1, 0.15) is 28.9 Å². The fourth-order valence-corrected chi connectivity index (χ4v) is 2.86. The Bertz CT molecular complexity index is 704. The predicted octanol–water partition coefficient (Wildman–Crippen LogP) is 2.14. The summed E-state index contributed by atoms with van der Waals surface area (Å²) in [5.41, 5.74) is 1.82. The van der Waals surface area contributed by atoms with Crippen LogP contribution in [0.3, 0.4) is 0 Å². The van der Waals surface area contributed by atoms with E-state index in [1.807, 2.05) is 24.3 Å². The Hall–Kier alpha value is -2.34. The van der Waals surface area contributed by atoms with E-state index in [4.69, 9.17) is 14.0 Å². The van der Waals surface area contributed by atoms with Crippen molar-refractivity contribution in [1.82, 2.24) is 10.5 Å². The van der Waals surface area contributed by atoms with Gasteiger partial charge in [-0.15, -0.1) is 0 Å². The molecule has 1 saturated heterocycles. The van der Waals surface area contributed by atoms with Gasteiger partial charge < -0.3 is 19.3 Å². The molecule has 6 nitrogen and oxygen atoms in total. The molecule has 0 aliphatic carbocycles. The molecule has 1 amide bonds. The first kappa shape index (κ1) is 13.3. The number of fused-ring (bicyclic) bond motifs is 3. The third kappa shape index (κ3) is 2.25. The van der Waals surface area contributed by atoms with Crippen LogP contribution in [0.25, 0.3) is 11.3 Å². The van der Waals surface area contributed by atoms with Crippen LogP contribution in [0.4, 0.5) is 0 Å². The van der Waals surface area contributed by atoms with Crippen LogP contribution >= 0.6 is 0 Å². The Labute approximate surface area is 127 Å². The van der Waals surface area contributed by atoms with Crippen molar-refractivity contribution >= 4 is 5.91 Å². The van der Waals surface area contributed by atoms with Crippen molar-refractivity contribution < 1.29 is 18.8 Å². The standard InChI is InChI=1S/C16H16N2O4/c19-16(17-8-10-4-3-7-20-10)14-12-9-21-13-6-2-1-5-11(13)15(12)22-18-14/h1-2,5-6,10H,3-4,7-9H2,(H,17,19). The molecule has 3 heterocycles.